The first kappa shape index (κ1) is 15.2. The molecule has 1 rings (SSSR count). The molecule has 0 saturated heterocycles. The van der Waals surface area contributed by atoms with Crippen LogP contribution in [0.2, 0.25) is 0 Å². The lowest BCUT2D eigenvalue weighted by atomic mass is 9.84. The maximum Gasteiger partial charge on any atom is 0.463 e. The fraction of sp³-hybridized carbons (Fsp3) is 0.909. The van der Waals surface area contributed by atoms with Gasteiger partial charge in [0.25, 0.3) is 0 Å². The average molecular weight is 273 g/mol. The van der Waals surface area contributed by atoms with Crippen molar-refractivity contribution in [2.24, 2.45) is 5.92 Å². The van der Waals surface area contributed by atoms with Crippen molar-refractivity contribution in [3.05, 3.63) is 0 Å². The van der Waals surface area contributed by atoms with E-state index in [1.165, 1.54) is 0 Å². The van der Waals surface area contributed by atoms with Gasteiger partial charge in [0.2, 0.25) is 0 Å². The van der Waals surface area contributed by atoms with Crippen LogP contribution >= 0.6 is 0 Å². The Morgan fingerprint density at radius 3 is 2.33 bits per heavy atom. The minimum atomic E-state index is -5.84. The summed E-state index contributed by atoms with van der Waals surface area (Å²) in [5.41, 5.74) is 0. The van der Waals surface area contributed by atoms with E-state index >= 15 is 0 Å². The molecule has 0 radical (unpaired) electrons. The van der Waals surface area contributed by atoms with Crippen molar-refractivity contribution in [3.63, 3.8) is 0 Å². The third-order valence-electron chi connectivity index (χ3n) is 3.34. The summed E-state index contributed by atoms with van der Waals surface area (Å²) in [6.45, 7) is 1.93. The smallest absolute Gasteiger partial charge is 0.348 e. The Morgan fingerprint density at radius 2 is 1.83 bits per heavy atom. The lowest BCUT2D eigenvalue weighted by Crippen LogP contribution is -2.53. The minimum Gasteiger partial charge on any atom is -0.348 e. The highest BCUT2D eigenvalue weighted by molar-refractivity contribution is 5.84. The molecule has 1 amide bonds. The van der Waals surface area contributed by atoms with Crippen LogP contribution in [0.3, 0.4) is 0 Å². The predicted octanol–water partition coefficient (Wildman–Crippen LogP) is 3.27. The van der Waals surface area contributed by atoms with Crippen LogP contribution in [0.5, 0.6) is 0 Å². The quantitative estimate of drug-likeness (QED) is 0.786. The van der Waals surface area contributed by atoms with E-state index in [0.717, 1.165) is 19.3 Å². The van der Waals surface area contributed by atoms with Gasteiger partial charge in [-0.3, -0.25) is 4.79 Å². The molecule has 0 bridgehead atoms. The van der Waals surface area contributed by atoms with Crippen LogP contribution in [0.25, 0.3) is 0 Å². The molecule has 106 valence electrons. The maximum atomic E-state index is 12.7. The SMILES string of the molecule is CCC1CCCC(NC(=O)C(F)(F)C(F)(F)F)C1. The first-order chi connectivity index (χ1) is 8.18. The Kier molecular flexibility index (Phi) is 4.55. The van der Waals surface area contributed by atoms with Crippen LogP contribution in [-0.4, -0.2) is 24.0 Å². The van der Waals surface area contributed by atoms with Crippen LogP contribution in [0.1, 0.15) is 39.0 Å². The van der Waals surface area contributed by atoms with E-state index < -0.39 is 24.0 Å². The van der Waals surface area contributed by atoms with Crippen molar-refractivity contribution in [1.82, 2.24) is 5.32 Å². The van der Waals surface area contributed by atoms with E-state index in [4.69, 9.17) is 0 Å². The van der Waals surface area contributed by atoms with Gasteiger partial charge in [0.1, 0.15) is 0 Å². The lowest BCUT2D eigenvalue weighted by Gasteiger charge is -2.30. The molecule has 2 atom stereocenters. The van der Waals surface area contributed by atoms with Crippen LogP contribution in [-0.2, 0) is 4.79 Å². The fourth-order valence-corrected chi connectivity index (χ4v) is 2.20. The van der Waals surface area contributed by atoms with Crippen molar-refractivity contribution >= 4 is 5.91 Å². The van der Waals surface area contributed by atoms with Crippen LogP contribution in [0.4, 0.5) is 22.0 Å². The van der Waals surface area contributed by atoms with Gasteiger partial charge in [0.05, 0.1) is 0 Å². The Balaban J connectivity index is 2.59. The van der Waals surface area contributed by atoms with Crippen LogP contribution in [0, 0.1) is 5.92 Å². The second kappa shape index (κ2) is 5.40. The maximum absolute atomic E-state index is 12.7. The molecule has 1 saturated carbocycles. The highest BCUT2D eigenvalue weighted by Gasteiger charge is 2.63. The second-order valence-electron chi connectivity index (χ2n) is 4.68. The molecule has 0 aromatic heterocycles. The average Bonchev–Trinajstić information content (AvgIpc) is 2.27. The molecule has 18 heavy (non-hydrogen) atoms. The number of rotatable bonds is 3. The topological polar surface area (TPSA) is 29.1 Å². The molecule has 0 aromatic rings. The summed E-state index contributed by atoms with van der Waals surface area (Å²) < 4.78 is 61.4. The van der Waals surface area contributed by atoms with Crippen molar-refractivity contribution in [2.75, 3.05) is 0 Å². The monoisotopic (exact) mass is 273 g/mol. The zero-order valence-corrected chi connectivity index (χ0v) is 9.99. The van der Waals surface area contributed by atoms with E-state index in [-0.39, 0.29) is 5.92 Å². The van der Waals surface area contributed by atoms with Crippen molar-refractivity contribution in [2.45, 2.75) is 57.2 Å². The molecule has 0 spiro atoms. The molecule has 2 unspecified atom stereocenters. The third-order valence-corrected chi connectivity index (χ3v) is 3.34. The first-order valence-corrected chi connectivity index (χ1v) is 5.94. The van der Waals surface area contributed by atoms with Gasteiger partial charge in [-0.1, -0.05) is 26.2 Å². The molecule has 0 aliphatic heterocycles. The third kappa shape index (κ3) is 3.32. The van der Waals surface area contributed by atoms with Crippen LogP contribution < -0.4 is 5.32 Å². The van der Waals surface area contributed by atoms with Crippen molar-refractivity contribution < 1.29 is 26.7 Å². The zero-order valence-electron chi connectivity index (χ0n) is 9.99. The molecule has 1 fully saturated rings. The molecular weight excluding hydrogens is 257 g/mol. The number of carbonyl (C=O) groups excluding carboxylic acids is 1. The number of hydrogen-bond donors (Lipinski definition) is 1. The predicted molar refractivity (Wildman–Crippen MR) is 55.2 cm³/mol. The number of halogens is 5. The van der Waals surface area contributed by atoms with E-state index in [0.29, 0.717) is 12.8 Å². The van der Waals surface area contributed by atoms with Crippen molar-refractivity contribution in [1.29, 1.82) is 0 Å². The number of alkyl halides is 5. The molecule has 2 nitrogen and oxygen atoms in total. The molecule has 1 N–H and O–H groups in total. The Labute approximate surface area is 102 Å². The number of carbonyl (C=O) groups is 1. The summed E-state index contributed by atoms with van der Waals surface area (Å²) in [5.74, 6) is -7.27. The molecule has 7 heteroatoms. The normalized spacial score (nSPS) is 25.9. The van der Waals surface area contributed by atoms with Gasteiger partial charge in [-0.05, 0) is 18.8 Å². The number of nitrogens with one attached hydrogen (secondary N) is 1. The lowest BCUT2D eigenvalue weighted by molar-refractivity contribution is -0.270. The van der Waals surface area contributed by atoms with Gasteiger partial charge < -0.3 is 5.32 Å². The number of amides is 1. The summed E-state index contributed by atoms with van der Waals surface area (Å²) in [4.78, 5) is 11.0. The van der Waals surface area contributed by atoms with Gasteiger partial charge in [-0.2, -0.15) is 22.0 Å². The van der Waals surface area contributed by atoms with Gasteiger partial charge >= 0.3 is 18.0 Å². The zero-order chi connectivity index (χ0) is 14.0. The number of hydrogen-bond acceptors (Lipinski definition) is 1. The molecule has 0 heterocycles. The highest BCUT2D eigenvalue weighted by Crippen LogP contribution is 2.36. The molecule has 1 aliphatic carbocycles. The molecule has 0 aromatic carbocycles. The second-order valence-corrected chi connectivity index (χ2v) is 4.68. The summed E-state index contributed by atoms with van der Waals surface area (Å²) in [6, 6.07) is -0.579. The summed E-state index contributed by atoms with van der Waals surface area (Å²) in [6.07, 6.45) is -2.41. The largest absolute Gasteiger partial charge is 0.463 e. The van der Waals surface area contributed by atoms with Gasteiger partial charge in [-0.25, -0.2) is 0 Å². The molecule has 1 aliphatic rings. The Hall–Kier alpha value is -0.880. The fourth-order valence-electron chi connectivity index (χ4n) is 2.20. The van der Waals surface area contributed by atoms with Crippen molar-refractivity contribution in [3.8, 4) is 0 Å². The summed E-state index contributed by atoms with van der Waals surface area (Å²) >= 11 is 0. The van der Waals surface area contributed by atoms with E-state index in [1.807, 2.05) is 12.2 Å². The minimum absolute atomic E-state index is 0.281. The van der Waals surface area contributed by atoms with Gasteiger partial charge in [0, 0.05) is 6.04 Å². The summed E-state index contributed by atoms with van der Waals surface area (Å²) in [5, 5.41) is 1.82. The van der Waals surface area contributed by atoms with Crippen LogP contribution in [0.15, 0.2) is 0 Å². The van der Waals surface area contributed by atoms with Gasteiger partial charge in [-0.15, -0.1) is 0 Å². The highest BCUT2D eigenvalue weighted by atomic mass is 19.4. The van der Waals surface area contributed by atoms with E-state index in [9.17, 15) is 26.7 Å². The van der Waals surface area contributed by atoms with Gasteiger partial charge in [0.15, 0.2) is 0 Å². The standard InChI is InChI=1S/C11H16F5NO/c1-2-7-4-3-5-8(6-7)17-9(18)10(12,13)11(14,15)16/h7-8H,2-6H2,1H3,(H,17,18). The summed E-state index contributed by atoms with van der Waals surface area (Å²) in [7, 11) is 0. The Bertz CT molecular complexity index is 302. The molecular formula is C11H16F5NO. The van der Waals surface area contributed by atoms with E-state index in [1.54, 1.807) is 0 Å². The van der Waals surface area contributed by atoms with E-state index in [2.05, 4.69) is 0 Å². The Morgan fingerprint density at radius 1 is 1.22 bits per heavy atom. The first-order valence-electron chi connectivity index (χ1n) is 5.94.